The molecule has 0 unspecified atom stereocenters. The molecule has 0 heterocycles. The van der Waals surface area contributed by atoms with E-state index in [2.05, 4.69) is 0 Å². The molecule has 2 rings (SSSR count). The minimum Gasteiger partial charge on any atom is -0.496 e. The molecule has 2 aromatic carbocycles. The molecule has 2 aromatic rings. The standard InChI is InChI=1S/C15H16FNOS/c1-18-14-8-11(6-7-12(14)9-17)10-19-15-5-3-2-4-13(15)16/h2-8H,9-10,17H2,1H3. The maximum atomic E-state index is 13.5. The van der Waals surface area contributed by atoms with Crippen LogP contribution in [-0.2, 0) is 12.3 Å². The van der Waals surface area contributed by atoms with Crippen molar-refractivity contribution in [3.8, 4) is 5.75 Å². The van der Waals surface area contributed by atoms with Crippen LogP contribution in [0.3, 0.4) is 0 Å². The van der Waals surface area contributed by atoms with Crippen molar-refractivity contribution < 1.29 is 9.13 Å². The Labute approximate surface area is 116 Å². The summed E-state index contributed by atoms with van der Waals surface area (Å²) in [6.07, 6.45) is 0. The molecule has 4 heteroatoms. The minimum absolute atomic E-state index is 0.182. The van der Waals surface area contributed by atoms with Crippen LogP contribution in [0.25, 0.3) is 0 Å². The van der Waals surface area contributed by atoms with E-state index in [0.29, 0.717) is 17.2 Å². The van der Waals surface area contributed by atoms with E-state index >= 15 is 0 Å². The van der Waals surface area contributed by atoms with Crippen molar-refractivity contribution in [1.82, 2.24) is 0 Å². The Morgan fingerprint density at radius 1 is 1.21 bits per heavy atom. The van der Waals surface area contributed by atoms with Gasteiger partial charge in [-0.25, -0.2) is 4.39 Å². The number of benzene rings is 2. The first-order valence-corrected chi connectivity index (χ1v) is 6.96. The van der Waals surface area contributed by atoms with Crippen LogP contribution in [0.2, 0.25) is 0 Å². The quantitative estimate of drug-likeness (QED) is 0.848. The van der Waals surface area contributed by atoms with Crippen molar-refractivity contribution >= 4 is 11.8 Å². The zero-order chi connectivity index (χ0) is 13.7. The summed E-state index contributed by atoms with van der Waals surface area (Å²) < 4.78 is 18.8. The van der Waals surface area contributed by atoms with Gasteiger partial charge in [-0.15, -0.1) is 11.8 Å². The van der Waals surface area contributed by atoms with Crippen molar-refractivity contribution in [2.45, 2.75) is 17.2 Å². The second-order valence-corrected chi connectivity index (χ2v) is 5.09. The highest BCUT2D eigenvalue weighted by atomic mass is 32.2. The Morgan fingerprint density at radius 3 is 2.68 bits per heavy atom. The van der Waals surface area contributed by atoms with Crippen LogP contribution in [0.4, 0.5) is 4.39 Å². The first kappa shape index (κ1) is 13.9. The number of hydrogen-bond donors (Lipinski definition) is 1. The van der Waals surface area contributed by atoms with Gasteiger partial charge in [0, 0.05) is 22.8 Å². The van der Waals surface area contributed by atoms with Gasteiger partial charge in [0.25, 0.3) is 0 Å². The number of methoxy groups -OCH3 is 1. The van der Waals surface area contributed by atoms with Gasteiger partial charge in [-0.05, 0) is 23.8 Å². The second-order valence-electron chi connectivity index (χ2n) is 4.07. The zero-order valence-corrected chi connectivity index (χ0v) is 11.5. The van der Waals surface area contributed by atoms with Crippen LogP contribution in [-0.4, -0.2) is 7.11 Å². The molecule has 0 atom stereocenters. The van der Waals surface area contributed by atoms with Crippen LogP contribution < -0.4 is 10.5 Å². The molecule has 100 valence electrons. The van der Waals surface area contributed by atoms with Gasteiger partial charge in [-0.2, -0.15) is 0 Å². The third kappa shape index (κ3) is 3.49. The fourth-order valence-electron chi connectivity index (χ4n) is 1.77. The average molecular weight is 277 g/mol. The Bertz CT molecular complexity index is 560. The average Bonchev–Trinajstić information content (AvgIpc) is 2.46. The number of thioether (sulfide) groups is 1. The number of nitrogens with two attached hydrogens (primary N) is 1. The first-order valence-electron chi connectivity index (χ1n) is 5.97. The third-order valence-electron chi connectivity index (χ3n) is 2.80. The molecule has 0 amide bonds. The lowest BCUT2D eigenvalue weighted by Crippen LogP contribution is -2.00. The summed E-state index contributed by atoms with van der Waals surface area (Å²) in [7, 11) is 1.63. The van der Waals surface area contributed by atoms with Crippen molar-refractivity contribution in [3.63, 3.8) is 0 Å². The van der Waals surface area contributed by atoms with Gasteiger partial charge in [0.15, 0.2) is 0 Å². The minimum atomic E-state index is -0.182. The zero-order valence-electron chi connectivity index (χ0n) is 10.7. The topological polar surface area (TPSA) is 35.2 Å². The van der Waals surface area contributed by atoms with Crippen LogP contribution in [0.5, 0.6) is 5.75 Å². The maximum absolute atomic E-state index is 13.5. The van der Waals surface area contributed by atoms with E-state index in [-0.39, 0.29) is 5.82 Å². The molecule has 0 fully saturated rings. The van der Waals surface area contributed by atoms with E-state index in [1.54, 1.807) is 19.2 Å². The van der Waals surface area contributed by atoms with E-state index in [0.717, 1.165) is 16.9 Å². The summed E-state index contributed by atoms with van der Waals surface area (Å²) in [6.45, 7) is 0.448. The molecule has 2 N–H and O–H groups in total. The first-order chi connectivity index (χ1) is 9.24. The summed E-state index contributed by atoms with van der Waals surface area (Å²) in [5, 5.41) is 0. The van der Waals surface area contributed by atoms with E-state index in [9.17, 15) is 4.39 Å². The summed E-state index contributed by atoms with van der Waals surface area (Å²) in [6, 6.07) is 12.7. The monoisotopic (exact) mass is 277 g/mol. The number of halogens is 1. The molecule has 19 heavy (non-hydrogen) atoms. The van der Waals surface area contributed by atoms with Crippen LogP contribution in [0.1, 0.15) is 11.1 Å². The van der Waals surface area contributed by atoms with Crippen molar-refractivity contribution in [2.24, 2.45) is 5.73 Å². The molecule has 0 spiro atoms. The Balaban J connectivity index is 2.10. The summed E-state index contributed by atoms with van der Waals surface area (Å²) in [5.41, 5.74) is 7.69. The molecule has 2 nitrogen and oxygen atoms in total. The van der Waals surface area contributed by atoms with Gasteiger partial charge in [0.2, 0.25) is 0 Å². The van der Waals surface area contributed by atoms with Gasteiger partial charge >= 0.3 is 0 Å². The summed E-state index contributed by atoms with van der Waals surface area (Å²) >= 11 is 1.47. The molecule has 0 aliphatic heterocycles. The number of rotatable bonds is 5. The highest BCUT2D eigenvalue weighted by molar-refractivity contribution is 7.98. The summed E-state index contributed by atoms with van der Waals surface area (Å²) in [5.74, 6) is 1.30. The third-order valence-corrected chi connectivity index (χ3v) is 3.92. The van der Waals surface area contributed by atoms with Crippen LogP contribution >= 0.6 is 11.8 Å². The lowest BCUT2D eigenvalue weighted by Gasteiger charge is -2.09. The molecule has 0 aromatic heterocycles. The Hall–Kier alpha value is -1.52. The lowest BCUT2D eigenvalue weighted by molar-refractivity contribution is 0.409. The van der Waals surface area contributed by atoms with Gasteiger partial charge in [0.05, 0.1) is 7.11 Å². The van der Waals surface area contributed by atoms with Gasteiger partial charge in [-0.1, -0.05) is 24.3 Å². The molecular weight excluding hydrogens is 261 g/mol. The maximum Gasteiger partial charge on any atom is 0.136 e. The molecule has 0 aliphatic carbocycles. The van der Waals surface area contributed by atoms with Crippen LogP contribution in [0.15, 0.2) is 47.4 Å². The normalized spacial score (nSPS) is 10.5. The molecule has 0 saturated carbocycles. The Morgan fingerprint density at radius 2 is 2.00 bits per heavy atom. The SMILES string of the molecule is COc1cc(CSc2ccccc2F)ccc1CN. The van der Waals surface area contributed by atoms with E-state index in [1.807, 2.05) is 24.3 Å². The molecule has 0 radical (unpaired) electrons. The second kappa shape index (κ2) is 6.59. The fourth-order valence-corrected chi connectivity index (χ4v) is 2.65. The molecule has 0 saturated heterocycles. The predicted octanol–water partition coefficient (Wildman–Crippen LogP) is 3.59. The summed E-state index contributed by atoms with van der Waals surface area (Å²) in [4.78, 5) is 0.657. The van der Waals surface area contributed by atoms with E-state index in [1.165, 1.54) is 17.8 Å². The molecular formula is C15H16FNOS. The lowest BCUT2D eigenvalue weighted by atomic mass is 10.1. The van der Waals surface area contributed by atoms with E-state index in [4.69, 9.17) is 10.5 Å². The van der Waals surface area contributed by atoms with Crippen molar-refractivity contribution in [1.29, 1.82) is 0 Å². The smallest absolute Gasteiger partial charge is 0.136 e. The van der Waals surface area contributed by atoms with E-state index < -0.39 is 0 Å². The number of ether oxygens (including phenoxy) is 1. The van der Waals surface area contributed by atoms with Crippen molar-refractivity contribution in [2.75, 3.05) is 7.11 Å². The largest absolute Gasteiger partial charge is 0.496 e. The van der Waals surface area contributed by atoms with Gasteiger partial charge in [-0.3, -0.25) is 0 Å². The van der Waals surface area contributed by atoms with Crippen LogP contribution in [0, 0.1) is 5.82 Å². The molecule has 0 aliphatic rings. The van der Waals surface area contributed by atoms with Gasteiger partial charge in [0.1, 0.15) is 11.6 Å². The van der Waals surface area contributed by atoms with Crippen molar-refractivity contribution in [3.05, 3.63) is 59.4 Å². The highest BCUT2D eigenvalue weighted by Gasteiger charge is 2.05. The predicted molar refractivity (Wildman–Crippen MR) is 76.8 cm³/mol. The highest BCUT2D eigenvalue weighted by Crippen LogP contribution is 2.27. The Kier molecular flexibility index (Phi) is 4.82. The fraction of sp³-hybridized carbons (Fsp3) is 0.200. The van der Waals surface area contributed by atoms with Gasteiger partial charge < -0.3 is 10.5 Å². The number of hydrogen-bond acceptors (Lipinski definition) is 3. The molecule has 0 bridgehead atoms.